The van der Waals surface area contributed by atoms with Crippen LogP contribution in [0.25, 0.3) is 6.08 Å². The molecule has 0 saturated heterocycles. The number of hydrogen-bond donors (Lipinski definition) is 0. The van der Waals surface area contributed by atoms with Gasteiger partial charge in [0.2, 0.25) is 0 Å². The van der Waals surface area contributed by atoms with Crippen molar-refractivity contribution in [3.8, 4) is 5.75 Å². The summed E-state index contributed by atoms with van der Waals surface area (Å²) in [5.74, 6) is 0.541. The van der Waals surface area contributed by atoms with E-state index in [1.165, 1.54) is 17.0 Å². The second kappa shape index (κ2) is 8.01. The molecule has 1 amide bonds. The van der Waals surface area contributed by atoms with Crippen LogP contribution in [-0.4, -0.2) is 18.9 Å². The predicted molar refractivity (Wildman–Crippen MR) is 116 cm³/mol. The molecule has 0 atom stereocenters. The highest BCUT2D eigenvalue weighted by atomic mass is 79.9. The maximum Gasteiger partial charge on any atom is 0.282 e. The summed E-state index contributed by atoms with van der Waals surface area (Å²) in [7, 11) is 1.59. The van der Waals surface area contributed by atoms with Crippen molar-refractivity contribution in [2.45, 2.75) is 0 Å². The van der Waals surface area contributed by atoms with Crippen molar-refractivity contribution in [1.82, 2.24) is 0 Å². The van der Waals surface area contributed by atoms with Crippen LogP contribution in [0.1, 0.15) is 11.1 Å². The molecule has 6 heteroatoms. The molecule has 1 aliphatic heterocycles. The molecule has 4 nitrogen and oxygen atoms in total. The van der Waals surface area contributed by atoms with E-state index in [9.17, 15) is 9.18 Å². The molecule has 4 rings (SSSR count). The average Bonchev–Trinajstić information content (AvgIpc) is 3.05. The first-order chi connectivity index (χ1) is 14.0. The summed E-state index contributed by atoms with van der Waals surface area (Å²) in [6.45, 7) is 0. The van der Waals surface area contributed by atoms with Crippen molar-refractivity contribution in [2.75, 3.05) is 12.0 Å². The third-order valence-corrected chi connectivity index (χ3v) is 4.97. The molecule has 0 saturated carbocycles. The number of hydrogen-bond acceptors (Lipinski definition) is 3. The zero-order chi connectivity index (χ0) is 20.4. The van der Waals surface area contributed by atoms with E-state index in [0.717, 1.165) is 10.0 Å². The summed E-state index contributed by atoms with van der Waals surface area (Å²) >= 11 is 3.41. The molecule has 144 valence electrons. The maximum absolute atomic E-state index is 13.4. The van der Waals surface area contributed by atoms with E-state index >= 15 is 0 Å². The lowest BCUT2D eigenvalue weighted by molar-refractivity contribution is -0.113. The number of ether oxygens (including phenoxy) is 1. The lowest BCUT2D eigenvalue weighted by Crippen LogP contribution is -2.32. The summed E-state index contributed by atoms with van der Waals surface area (Å²) in [6.07, 6.45) is 1.72. The van der Waals surface area contributed by atoms with Crippen LogP contribution in [0.15, 0.2) is 88.0 Å². The number of methoxy groups -OCH3 is 1. The topological polar surface area (TPSA) is 41.9 Å². The van der Waals surface area contributed by atoms with E-state index in [4.69, 9.17) is 4.74 Å². The van der Waals surface area contributed by atoms with Crippen molar-refractivity contribution in [1.29, 1.82) is 0 Å². The van der Waals surface area contributed by atoms with Gasteiger partial charge in [-0.15, -0.1) is 0 Å². The van der Waals surface area contributed by atoms with E-state index in [1.54, 1.807) is 25.3 Å². The van der Waals surface area contributed by atoms with Gasteiger partial charge in [0, 0.05) is 10.0 Å². The van der Waals surface area contributed by atoms with Crippen molar-refractivity contribution >= 4 is 39.4 Å². The molecule has 0 spiro atoms. The van der Waals surface area contributed by atoms with Crippen LogP contribution in [-0.2, 0) is 4.79 Å². The first kappa shape index (κ1) is 19.1. The van der Waals surface area contributed by atoms with Crippen LogP contribution in [0.2, 0.25) is 0 Å². The Morgan fingerprint density at radius 1 is 1.03 bits per heavy atom. The first-order valence-corrected chi connectivity index (χ1v) is 9.65. The second-order valence-corrected chi connectivity index (χ2v) is 7.28. The molecule has 1 heterocycles. The Kier molecular flexibility index (Phi) is 5.27. The summed E-state index contributed by atoms with van der Waals surface area (Å²) in [6, 6.07) is 20.7. The van der Waals surface area contributed by atoms with E-state index in [2.05, 4.69) is 20.9 Å². The fraction of sp³-hybridized carbons (Fsp3) is 0.0435. The predicted octanol–water partition coefficient (Wildman–Crippen LogP) is 5.43. The number of rotatable bonds is 4. The Hall–Kier alpha value is -3.25. The Labute approximate surface area is 176 Å². The highest BCUT2D eigenvalue weighted by molar-refractivity contribution is 9.10. The van der Waals surface area contributed by atoms with Gasteiger partial charge in [0.05, 0.1) is 12.8 Å². The van der Waals surface area contributed by atoms with Gasteiger partial charge in [0.15, 0.2) is 0 Å². The summed E-state index contributed by atoms with van der Waals surface area (Å²) in [5, 5.41) is 0. The van der Waals surface area contributed by atoms with Crippen molar-refractivity contribution in [3.63, 3.8) is 0 Å². The minimum absolute atomic E-state index is 0.255. The van der Waals surface area contributed by atoms with Gasteiger partial charge in [-0.3, -0.25) is 9.69 Å². The Morgan fingerprint density at radius 3 is 2.45 bits per heavy atom. The Bertz CT molecular complexity index is 1120. The van der Waals surface area contributed by atoms with Crippen molar-refractivity contribution in [2.24, 2.45) is 4.99 Å². The van der Waals surface area contributed by atoms with E-state index in [1.807, 2.05) is 48.5 Å². The quantitative estimate of drug-likeness (QED) is 0.497. The zero-order valence-corrected chi connectivity index (χ0v) is 17.1. The van der Waals surface area contributed by atoms with Crippen LogP contribution < -0.4 is 9.64 Å². The van der Waals surface area contributed by atoms with E-state index in [-0.39, 0.29) is 11.7 Å². The lowest BCUT2D eigenvalue weighted by atomic mass is 10.1. The van der Waals surface area contributed by atoms with E-state index in [0.29, 0.717) is 28.5 Å². The number of nitrogens with zero attached hydrogens (tertiary/aromatic N) is 2. The van der Waals surface area contributed by atoms with Gasteiger partial charge >= 0.3 is 0 Å². The number of halogens is 2. The molecule has 0 unspecified atom stereocenters. The molecule has 1 aliphatic rings. The molecule has 0 N–H and O–H groups in total. The second-order valence-electron chi connectivity index (χ2n) is 6.37. The van der Waals surface area contributed by atoms with Gasteiger partial charge < -0.3 is 4.74 Å². The molecule has 3 aromatic carbocycles. The van der Waals surface area contributed by atoms with Crippen LogP contribution >= 0.6 is 15.9 Å². The molecule has 0 fully saturated rings. The number of amidine groups is 1. The van der Waals surface area contributed by atoms with Crippen LogP contribution in [0, 0.1) is 5.82 Å². The van der Waals surface area contributed by atoms with Crippen molar-refractivity contribution < 1.29 is 13.9 Å². The normalized spacial score (nSPS) is 15.0. The minimum atomic E-state index is -0.346. The minimum Gasteiger partial charge on any atom is -0.497 e. The van der Waals surface area contributed by atoms with Gasteiger partial charge in [-0.2, -0.15) is 0 Å². The standard InChI is InChI=1S/C23H16BrFN2O2/c1-29-20-4-2-3-15(13-20)14-21-23(28)27(19-11-7-17(24)8-12-19)22(26-21)16-5-9-18(25)10-6-16/h2-14H,1H3/b21-14+. The van der Waals surface area contributed by atoms with Crippen LogP contribution in [0.3, 0.4) is 0 Å². The SMILES string of the molecule is COc1cccc(/C=C2/N=C(c3ccc(F)cc3)N(c3ccc(Br)cc3)C2=O)c1. The highest BCUT2D eigenvalue weighted by Crippen LogP contribution is 2.29. The monoisotopic (exact) mass is 450 g/mol. The molecule has 3 aromatic rings. The molecular formula is C23H16BrFN2O2. The number of carbonyl (C=O) groups excluding carboxylic acids is 1. The van der Waals surface area contributed by atoms with Gasteiger partial charge in [0.1, 0.15) is 23.1 Å². The fourth-order valence-electron chi connectivity index (χ4n) is 3.03. The Balaban J connectivity index is 1.81. The van der Waals surface area contributed by atoms with Crippen molar-refractivity contribution in [3.05, 3.63) is 99.9 Å². The molecular weight excluding hydrogens is 435 g/mol. The zero-order valence-electron chi connectivity index (χ0n) is 15.5. The summed E-state index contributed by atoms with van der Waals surface area (Å²) in [5.41, 5.74) is 2.42. The number of benzene rings is 3. The number of anilines is 1. The number of carbonyl (C=O) groups is 1. The summed E-state index contributed by atoms with van der Waals surface area (Å²) in [4.78, 5) is 19.3. The number of aliphatic imine (C=N–C) groups is 1. The first-order valence-electron chi connectivity index (χ1n) is 8.85. The van der Waals surface area contributed by atoms with Crippen LogP contribution in [0.5, 0.6) is 5.75 Å². The molecule has 0 bridgehead atoms. The van der Waals surface area contributed by atoms with Gasteiger partial charge in [-0.25, -0.2) is 9.38 Å². The van der Waals surface area contributed by atoms with E-state index < -0.39 is 0 Å². The third kappa shape index (κ3) is 3.98. The van der Waals surface area contributed by atoms with Crippen LogP contribution in [0.4, 0.5) is 10.1 Å². The third-order valence-electron chi connectivity index (χ3n) is 4.44. The smallest absolute Gasteiger partial charge is 0.282 e. The lowest BCUT2D eigenvalue weighted by Gasteiger charge is -2.18. The Morgan fingerprint density at radius 2 is 1.76 bits per heavy atom. The number of amides is 1. The molecule has 0 aromatic heterocycles. The molecule has 29 heavy (non-hydrogen) atoms. The molecule has 0 aliphatic carbocycles. The largest absolute Gasteiger partial charge is 0.497 e. The fourth-order valence-corrected chi connectivity index (χ4v) is 3.29. The van der Waals surface area contributed by atoms with Gasteiger partial charge in [-0.1, -0.05) is 28.1 Å². The maximum atomic E-state index is 13.4. The molecule has 0 radical (unpaired) electrons. The average molecular weight is 451 g/mol. The van der Waals surface area contributed by atoms with Gasteiger partial charge in [0.25, 0.3) is 5.91 Å². The van der Waals surface area contributed by atoms with Gasteiger partial charge in [-0.05, 0) is 72.3 Å². The highest BCUT2D eigenvalue weighted by Gasteiger charge is 2.32. The summed E-state index contributed by atoms with van der Waals surface area (Å²) < 4.78 is 19.6.